The molecule has 4 N–H and O–H groups in total. The van der Waals surface area contributed by atoms with E-state index in [2.05, 4.69) is 0 Å². The molecule has 1 heterocycles. The summed E-state index contributed by atoms with van der Waals surface area (Å²) in [4.78, 5) is 10.9. The van der Waals surface area contributed by atoms with Crippen LogP contribution in [0.1, 0.15) is 6.92 Å². The van der Waals surface area contributed by atoms with Crippen LogP contribution in [-0.4, -0.2) is 69.6 Å². The van der Waals surface area contributed by atoms with E-state index in [0.717, 1.165) is 11.8 Å². The van der Waals surface area contributed by atoms with Gasteiger partial charge in [0.1, 0.15) is 23.7 Å². The SMILES string of the molecule is CCS[C@@H]1O[C@@H]([C@H](O)CO)[C@@H](O)[C@@H]1NC(=O)C(F)(F)F. The maximum absolute atomic E-state index is 12.2. The summed E-state index contributed by atoms with van der Waals surface area (Å²) < 4.78 is 41.9. The fourth-order valence-corrected chi connectivity index (χ4v) is 2.77. The number of carbonyl (C=O) groups excluding carboxylic acids is 1. The van der Waals surface area contributed by atoms with Gasteiger partial charge in [0.2, 0.25) is 0 Å². The van der Waals surface area contributed by atoms with Gasteiger partial charge in [-0.1, -0.05) is 6.92 Å². The molecule has 0 saturated carbocycles. The second-order valence-corrected chi connectivity index (χ2v) is 5.54. The van der Waals surface area contributed by atoms with Gasteiger partial charge in [0.05, 0.1) is 12.6 Å². The van der Waals surface area contributed by atoms with Gasteiger partial charge in [0.25, 0.3) is 0 Å². The molecule has 0 aliphatic carbocycles. The molecule has 1 aliphatic heterocycles. The molecule has 10 heteroatoms. The number of carbonyl (C=O) groups is 1. The molecule has 0 aromatic rings. The zero-order valence-corrected chi connectivity index (χ0v) is 11.3. The molecular formula is C10H16F3NO5S. The molecule has 5 atom stereocenters. The Morgan fingerprint density at radius 1 is 1.50 bits per heavy atom. The molecule has 1 saturated heterocycles. The van der Waals surface area contributed by atoms with Crippen LogP contribution in [0.3, 0.4) is 0 Å². The molecule has 118 valence electrons. The smallest absolute Gasteiger partial charge is 0.394 e. The lowest BCUT2D eigenvalue weighted by Gasteiger charge is -2.22. The van der Waals surface area contributed by atoms with Crippen molar-refractivity contribution in [3.63, 3.8) is 0 Å². The summed E-state index contributed by atoms with van der Waals surface area (Å²) in [5.74, 6) is -1.72. The summed E-state index contributed by atoms with van der Waals surface area (Å²) >= 11 is 1.08. The van der Waals surface area contributed by atoms with Crippen molar-refractivity contribution < 1.29 is 38.0 Å². The molecule has 1 aliphatic rings. The highest BCUT2D eigenvalue weighted by Crippen LogP contribution is 2.31. The molecule has 0 unspecified atom stereocenters. The van der Waals surface area contributed by atoms with Gasteiger partial charge in [0, 0.05) is 0 Å². The number of alkyl halides is 3. The number of rotatable bonds is 5. The van der Waals surface area contributed by atoms with Gasteiger partial charge in [-0.25, -0.2) is 0 Å². The van der Waals surface area contributed by atoms with Gasteiger partial charge in [0.15, 0.2) is 0 Å². The third-order valence-electron chi connectivity index (χ3n) is 2.74. The van der Waals surface area contributed by atoms with Crippen LogP contribution in [0.4, 0.5) is 13.2 Å². The predicted molar refractivity (Wildman–Crippen MR) is 63.9 cm³/mol. The first-order valence-corrected chi connectivity index (χ1v) is 6.89. The Balaban J connectivity index is 2.82. The lowest BCUT2D eigenvalue weighted by Crippen LogP contribution is -2.52. The number of hydrogen-bond donors (Lipinski definition) is 4. The van der Waals surface area contributed by atoms with E-state index in [4.69, 9.17) is 9.84 Å². The monoisotopic (exact) mass is 319 g/mol. The van der Waals surface area contributed by atoms with Gasteiger partial charge in [-0.2, -0.15) is 13.2 Å². The van der Waals surface area contributed by atoms with Crippen molar-refractivity contribution in [1.82, 2.24) is 5.32 Å². The number of aliphatic hydroxyl groups is 3. The zero-order valence-electron chi connectivity index (χ0n) is 10.5. The number of aliphatic hydroxyl groups excluding tert-OH is 3. The summed E-state index contributed by atoms with van der Waals surface area (Å²) in [5, 5.41) is 29.8. The highest BCUT2D eigenvalue weighted by Gasteiger charge is 2.50. The molecule has 0 bridgehead atoms. The van der Waals surface area contributed by atoms with Crippen LogP contribution in [0.25, 0.3) is 0 Å². The average molecular weight is 319 g/mol. The van der Waals surface area contributed by atoms with Crippen LogP contribution >= 0.6 is 11.8 Å². The number of halogens is 3. The highest BCUT2D eigenvalue weighted by atomic mass is 32.2. The lowest BCUT2D eigenvalue weighted by molar-refractivity contribution is -0.175. The van der Waals surface area contributed by atoms with E-state index >= 15 is 0 Å². The Kier molecular flexibility index (Phi) is 6.07. The summed E-state index contributed by atoms with van der Waals surface area (Å²) in [6.07, 6.45) is -9.33. The standard InChI is InChI=1S/C10H16F3NO5S/c1-2-20-8-5(14-9(18)10(11,12)13)6(17)7(19-8)4(16)3-15/h4-8,15-17H,2-3H2,1H3,(H,14,18)/t4-,5+,6+,7+,8+/m1/s1. The molecule has 6 nitrogen and oxygen atoms in total. The van der Waals surface area contributed by atoms with Crippen LogP contribution in [0, 0.1) is 0 Å². The zero-order chi connectivity index (χ0) is 15.5. The molecule has 0 aromatic heterocycles. The van der Waals surface area contributed by atoms with Gasteiger partial charge in [-0.15, -0.1) is 11.8 Å². The minimum atomic E-state index is -5.07. The fourth-order valence-electron chi connectivity index (χ4n) is 1.80. The fraction of sp³-hybridized carbons (Fsp3) is 0.900. The Morgan fingerprint density at radius 2 is 2.10 bits per heavy atom. The maximum atomic E-state index is 12.2. The van der Waals surface area contributed by atoms with E-state index in [0.29, 0.717) is 5.75 Å². The van der Waals surface area contributed by atoms with E-state index in [9.17, 15) is 28.2 Å². The Labute approximate surface area is 117 Å². The number of nitrogens with one attached hydrogen (secondary N) is 1. The highest BCUT2D eigenvalue weighted by molar-refractivity contribution is 7.99. The minimum absolute atomic E-state index is 0.470. The number of hydrogen-bond acceptors (Lipinski definition) is 6. The molecule has 1 fully saturated rings. The van der Waals surface area contributed by atoms with Crippen LogP contribution in [0.2, 0.25) is 0 Å². The lowest BCUT2D eigenvalue weighted by atomic mass is 10.0. The first kappa shape index (κ1) is 17.5. The normalized spacial score (nSPS) is 32.1. The van der Waals surface area contributed by atoms with E-state index in [1.807, 2.05) is 0 Å². The average Bonchev–Trinajstić information content (AvgIpc) is 2.66. The van der Waals surface area contributed by atoms with Gasteiger partial charge in [-0.05, 0) is 5.75 Å². The van der Waals surface area contributed by atoms with Crippen LogP contribution in [0.15, 0.2) is 0 Å². The van der Waals surface area contributed by atoms with Crippen molar-refractivity contribution >= 4 is 17.7 Å². The Bertz CT molecular complexity index is 341. The van der Waals surface area contributed by atoms with Crippen molar-refractivity contribution in [2.75, 3.05) is 12.4 Å². The predicted octanol–water partition coefficient (Wildman–Crippen LogP) is -0.774. The van der Waals surface area contributed by atoms with Crippen molar-refractivity contribution in [3.8, 4) is 0 Å². The third-order valence-corrected chi connectivity index (χ3v) is 3.81. The van der Waals surface area contributed by atoms with Crippen LogP contribution in [-0.2, 0) is 9.53 Å². The van der Waals surface area contributed by atoms with E-state index < -0.39 is 48.5 Å². The first-order chi connectivity index (χ1) is 9.22. The summed E-state index contributed by atoms with van der Waals surface area (Å²) in [6, 6.07) is -1.32. The molecule has 1 rings (SSSR count). The molecular weight excluding hydrogens is 303 g/mol. The topological polar surface area (TPSA) is 99.0 Å². The number of thioether (sulfide) groups is 1. The molecule has 0 spiro atoms. The number of ether oxygens (including phenoxy) is 1. The van der Waals surface area contributed by atoms with E-state index in [1.165, 1.54) is 0 Å². The molecule has 20 heavy (non-hydrogen) atoms. The summed E-state index contributed by atoms with van der Waals surface area (Å²) in [7, 11) is 0. The Morgan fingerprint density at radius 3 is 2.55 bits per heavy atom. The van der Waals surface area contributed by atoms with Crippen molar-refractivity contribution in [3.05, 3.63) is 0 Å². The quantitative estimate of drug-likeness (QED) is 0.531. The van der Waals surface area contributed by atoms with Gasteiger partial charge in [-0.3, -0.25) is 4.79 Å². The maximum Gasteiger partial charge on any atom is 0.471 e. The van der Waals surface area contributed by atoms with Gasteiger partial charge >= 0.3 is 12.1 Å². The molecule has 0 radical (unpaired) electrons. The minimum Gasteiger partial charge on any atom is -0.394 e. The second-order valence-electron chi connectivity index (χ2n) is 4.16. The molecule has 1 amide bonds. The summed E-state index contributed by atoms with van der Waals surface area (Å²) in [5.41, 5.74) is -0.938. The summed E-state index contributed by atoms with van der Waals surface area (Å²) in [6.45, 7) is 1.00. The number of amides is 1. The van der Waals surface area contributed by atoms with Crippen molar-refractivity contribution in [2.24, 2.45) is 0 Å². The van der Waals surface area contributed by atoms with E-state index in [-0.39, 0.29) is 0 Å². The largest absolute Gasteiger partial charge is 0.471 e. The molecule has 0 aromatic carbocycles. The van der Waals surface area contributed by atoms with Crippen molar-refractivity contribution in [2.45, 2.75) is 42.9 Å². The third kappa shape index (κ3) is 3.98. The van der Waals surface area contributed by atoms with Crippen LogP contribution in [0.5, 0.6) is 0 Å². The second kappa shape index (κ2) is 6.94. The van der Waals surface area contributed by atoms with Crippen LogP contribution < -0.4 is 5.32 Å². The van der Waals surface area contributed by atoms with E-state index in [1.54, 1.807) is 12.2 Å². The first-order valence-electron chi connectivity index (χ1n) is 5.84. The Hall–Kier alpha value is -0.550. The van der Waals surface area contributed by atoms with Crippen molar-refractivity contribution in [1.29, 1.82) is 0 Å². The van der Waals surface area contributed by atoms with Gasteiger partial charge < -0.3 is 25.4 Å².